The molecule has 1 N–H and O–H groups in total. The number of carbonyl (C=O) groups excluding carboxylic acids is 3. The Labute approximate surface area is 162 Å². The zero-order valence-electron chi connectivity index (χ0n) is 15.6. The van der Waals surface area contributed by atoms with E-state index in [1.165, 1.54) is 29.2 Å². The summed E-state index contributed by atoms with van der Waals surface area (Å²) in [4.78, 5) is 38.1. The molecule has 7 heteroatoms. The van der Waals surface area contributed by atoms with Crippen molar-refractivity contribution in [3.05, 3.63) is 59.9 Å². The van der Waals surface area contributed by atoms with Gasteiger partial charge in [0.25, 0.3) is 0 Å². The molecule has 1 fully saturated rings. The molecule has 6 nitrogen and oxygen atoms in total. The topological polar surface area (TPSA) is 75.7 Å². The fraction of sp³-hybridized carbons (Fsp3) is 0.286. The summed E-state index contributed by atoms with van der Waals surface area (Å²) in [6, 6.07) is 12.0. The van der Waals surface area contributed by atoms with Crippen molar-refractivity contribution in [2.24, 2.45) is 5.92 Å². The first-order valence-corrected chi connectivity index (χ1v) is 9.01. The number of nitrogens with one attached hydrogen (secondary N) is 1. The molecule has 0 bridgehead atoms. The Kier molecular flexibility index (Phi) is 5.73. The molecule has 3 rings (SSSR count). The van der Waals surface area contributed by atoms with E-state index in [-0.39, 0.29) is 36.7 Å². The van der Waals surface area contributed by atoms with Gasteiger partial charge in [0.1, 0.15) is 5.82 Å². The number of ether oxygens (including phenoxy) is 1. The molecule has 2 amide bonds. The highest BCUT2D eigenvalue weighted by Crippen LogP contribution is 2.26. The minimum atomic E-state index is -0.511. The summed E-state index contributed by atoms with van der Waals surface area (Å²) in [6.45, 7) is 3.77. The van der Waals surface area contributed by atoms with E-state index in [1.54, 1.807) is 38.1 Å². The Balaban J connectivity index is 1.61. The minimum absolute atomic E-state index is 0.0853. The van der Waals surface area contributed by atoms with E-state index in [9.17, 15) is 18.8 Å². The number of rotatable bonds is 5. The predicted molar refractivity (Wildman–Crippen MR) is 102 cm³/mol. The van der Waals surface area contributed by atoms with E-state index in [2.05, 4.69) is 5.32 Å². The van der Waals surface area contributed by atoms with Crippen LogP contribution in [0.5, 0.6) is 0 Å². The van der Waals surface area contributed by atoms with Crippen LogP contribution in [-0.4, -0.2) is 30.4 Å². The fourth-order valence-electron chi connectivity index (χ4n) is 2.97. The Morgan fingerprint density at radius 3 is 2.36 bits per heavy atom. The van der Waals surface area contributed by atoms with Gasteiger partial charge in [0.2, 0.25) is 11.8 Å². The van der Waals surface area contributed by atoms with Crippen LogP contribution in [0.4, 0.5) is 15.8 Å². The highest BCUT2D eigenvalue weighted by Gasteiger charge is 2.35. The molecule has 0 saturated carbocycles. The van der Waals surface area contributed by atoms with Gasteiger partial charge in [-0.05, 0) is 62.4 Å². The number of amides is 2. The van der Waals surface area contributed by atoms with Crippen LogP contribution < -0.4 is 10.2 Å². The molecular weight excluding hydrogens is 363 g/mol. The maximum Gasteiger partial charge on any atom is 0.338 e. The monoisotopic (exact) mass is 384 g/mol. The van der Waals surface area contributed by atoms with Crippen LogP contribution in [0.3, 0.4) is 0 Å². The molecule has 1 heterocycles. The van der Waals surface area contributed by atoms with Crippen LogP contribution in [0, 0.1) is 11.7 Å². The number of anilines is 2. The van der Waals surface area contributed by atoms with Crippen LogP contribution in [0.15, 0.2) is 48.5 Å². The number of carbonyl (C=O) groups is 3. The molecule has 1 saturated heterocycles. The average molecular weight is 384 g/mol. The summed E-state index contributed by atoms with van der Waals surface area (Å²) >= 11 is 0. The van der Waals surface area contributed by atoms with Crippen molar-refractivity contribution in [3.63, 3.8) is 0 Å². The van der Waals surface area contributed by atoms with Crippen molar-refractivity contribution in [1.29, 1.82) is 0 Å². The number of benzene rings is 2. The van der Waals surface area contributed by atoms with Gasteiger partial charge >= 0.3 is 5.97 Å². The second kappa shape index (κ2) is 8.21. The third-order valence-electron chi connectivity index (χ3n) is 4.37. The summed E-state index contributed by atoms with van der Waals surface area (Å²) in [6.07, 6.45) is -0.127. The lowest BCUT2D eigenvalue weighted by Gasteiger charge is -2.16. The fourth-order valence-corrected chi connectivity index (χ4v) is 2.97. The molecular formula is C21H21FN2O4. The van der Waals surface area contributed by atoms with Crippen LogP contribution in [0.2, 0.25) is 0 Å². The molecule has 0 spiro atoms. The highest BCUT2D eigenvalue weighted by atomic mass is 19.1. The van der Waals surface area contributed by atoms with Gasteiger partial charge in [-0.25, -0.2) is 9.18 Å². The van der Waals surface area contributed by atoms with Gasteiger partial charge in [0.05, 0.1) is 17.6 Å². The molecule has 1 aliphatic heterocycles. The van der Waals surface area contributed by atoms with Crippen LogP contribution in [0.25, 0.3) is 0 Å². The van der Waals surface area contributed by atoms with E-state index in [1.807, 2.05) is 0 Å². The molecule has 2 aromatic carbocycles. The van der Waals surface area contributed by atoms with Crippen LogP contribution in [-0.2, 0) is 14.3 Å². The summed E-state index contributed by atoms with van der Waals surface area (Å²) in [7, 11) is 0. The van der Waals surface area contributed by atoms with Gasteiger partial charge in [-0.15, -0.1) is 0 Å². The quantitative estimate of drug-likeness (QED) is 0.802. The van der Waals surface area contributed by atoms with Gasteiger partial charge in [-0.1, -0.05) is 0 Å². The normalized spacial score (nSPS) is 16.4. The van der Waals surface area contributed by atoms with Crippen molar-refractivity contribution in [1.82, 2.24) is 0 Å². The maximum absolute atomic E-state index is 13.1. The molecule has 0 unspecified atom stereocenters. The van der Waals surface area contributed by atoms with Crippen LogP contribution >= 0.6 is 0 Å². The lowest BCUT2D eigenvalue weighted by molar-refractivity contribution is -0.122. The van der Waals surface area contributed by atoms with Gasteiger partial charge in [-0.3, -0.25) is 9.59 Å². The zero-order chi connectivity index (χ0) is 20.3. The van der Waals surface area contributed by atoms with Crippen molar-refractivity contribution in [2.75, 3.05) is 16.8 Å². The van der Waals surface area contributed by atoms with Gasteiger partial charge in [0.15, 0.2) is 0 Å². The first-order chi connectivity index (χ1) is 13.3. The Bertz CT molecular complexity index is 878. The van der Waals surface area contributed by atoms with Crippen LogP contribution in [0.1, 0.15) is 30.6 Å². The zero-order valence-corrected chi connectivity index (χ0v) is 15.6. The Hall–Kier alpha value is -3.22. The van der Waals surface area contributed by atoms with Crippen molar-refractivity contribution >= 4 is 29.2 Å². The largest absolute Gasteiger partial charge is 0.459 e. The third-order valence-corrected chi connectivity index (χ3v) is 4.37. The number of halogens is 1. The number of esters is 1. The minimum Gasteiger partial charge on any atom is -0.459 e. The van der Waals surface area contributed by atoms with Crippen molar-refractivity contribution < 1.29 is 23.5 Å². The first-order valence-electron chi connectivity index (χ1n) is 9.01. The Morgan fingerprint density at radius 1 is 1.11 bits per heavy atom. The lowest BCUT2D eigenvalue weighted by atomic mass is 10.1. The van der Waals surface area contributed by atoms with Gasteiger partial charge in [0, 0.05) is 24.3 Å². The second-order valence-electron chi connectivity index (χ2n) is 6.90. The Morgan fingerprint density at radius 2 is 1.75 bits per heavy atom. The maximum atomic E-state index is 13.1. The third kappa shape index (κ3) is 4.54. The van der Waals surface area contributed by atoms with Crippen molar-refractivity contribution in [2.45, 2.75) is 26.4 Å². The van der Waals surface area contributed by atoms with Gasteiger partial charge in [-0.2, -0.15) is 0 Å². The van der Waals surface area contributed by atoms with Crippen molar-refractivity contribution in [3.8, 4) is 0 Å². The van der Waals surface area contributed by atoms with E-state index >= 15 is 0 Å². The molecule has 1 atom stereocenters. The molecule has 0 aromatic heterocycles. The van der Waals surface area contributed by atoms with E-state index in [0.29, 0.717) is 16.9 Å². The molecule has 28 heavy (non-hydrogen) atoms. The predicted octanol–water partition coefficient (Wildman–Crippen LogP) is 3.38. The summed E-state index contributed by atoms with van der Waals surface area (Å²) in [5, 5.41) is 2.76. The summed E-state index contributed by atoms with van der Waals surface area (Å²) in [5.74, 6) is -1.79. The van der Waals surface area contributed by atoms with E-state index in [4.69, 9.17) is 4.74 Å². The number of hydrogen-bond donors (Lipinski definition) is 1. The SMILES string of the molecule is CC(C)OC(=O)c1ccc(NC(=O)[C@@H]2CC(=O)N(c3ccc(F)cc3)C2)cc1. The molecule has 146 valence electrons. The lowest BCUT2D eigenvalue weighted by Crippen LogP contribution is -2.28. The number of nitrogens with zero attached hydrogens (tertiary/aromatic N) is 1. The molecule has 2 aromatic rings. The molecule has 0 aliphatic carbocycles. The summed E-state index contributed by atoms with van der Waals surface area (Å²) < 4.78 is 18.2. The van der Waals surface area contributed by atoms with E-state index in [0.717, 1.165) is 0 Å². The number of hydrogen-bond acceptors (Lipinski definition) is 4. The van der Waals surface area contributed by atoms with E-state index < -0.39 is 11.9 Å². The first kappa shape index (κ1) is 19.5. The highest BCUT2D eigenvalue weighted by molar-refractivity contribution is 6.03. The molecule has 1 aliphatic rings. The van der Waals surface area contributed by atoms with Gasteiger partial charge < -0.3 is 15.0 Å². The average Bonchev–Trinajstić information content (AvgIpc) is 3.04. The standard InChI is InChI=1S/C21H21FN2O4/c1-13(2)28-21(27)14-3-7-17(8-4-14)23-20(26)15-11-19(25)24(12-15)18-9-5-16(22)6-10-18/h3-10,13,15H,11-12H2,1-2H3,(H,23,26)/t15-/m1/s1. The summed E-state index contributed by atoms with van der Waals surface area (Å²) in [5.41, 5.74) is 1.48. The smallest absolute Gasteiger partial charge is 0.338 e. The molecule has 0 radical (unpaired) electrons. The second-order valence-corrected chi connectivity index (χ2v) is 6.90.